The number of nitrogens with one attached hydrogen (secondary N) is 1. The highest BCUT2D eigenvalue weighted by atomic mass is 79.9. The van der Waals surface area contributed by atoms with E-state index in [4.69, 9.17) is 0 Å². The number of hydrogen-bond acceptors (Lipinski definition) is 2. The van der Waals surface area contributed by atoms with Crippen LogP contribution in [0.1, 0.15) is 32.8 Å². The highest BCUT2D eigenvalue weighted by Gasteiger charge is 2.18. The zero-order valence-electron chi connectivity index (χ0n) is 12.6. The maximum Gasteiger partial charge on any atom is 0.0244 e. The SMILES string of the molecule is CCCNCC(C(C)C)N(C)Cc1ccc(Br)cc1. The summed E-state index contributed by atoms with van der Waals surface area (Å²) in [6, 6.07) is 9.19. The lowest BCUT2D eigenvalue weighted by Gasteiger charge is -2.31. The predicted octanol–water partition coefficient (Wildman–Crippen LogP) is 3.91. The number of halogens is 1. The highest BCUT2D eigenvalue weighted by molar-refractivity contribution is 9.10. The molecule has 19 heavy (non-hydrogen) atoms. The molecule has 1 unspecified atom stereocenters. The molecule has 1 atom stereocenters. The number of rotatable bonds is 8. The van der Waals surface area contributed by atoms with Crippen LogP contribution >= 0.6 is 15.9 Å². The van der Waals surface area contributed by atoms with E-state index in [2.05, 4.69) is 78.2 Å². The molecule has 0 aliphatic carbocycles. The largest absolute Gasteiger partial charge is 0.315 e. The van der Waals surface area contributed by atoms with Crippen molar-refractivity contribution in [2.24, 2.45) is 5.92 Å². The van der Waals surface area contributed by atoms with Gasteiger partial charge in [0.25, 0.3) is 0 Å². The van der Waals surface area contributed by atoms with E-state index in [9.17, 15) is 0 Å². The van der Waals surface area contributed by atoms with Crippen LogP contribution in [-0.4, -0.2) is 31.1 Å². The third kappa shape index (κ3) is 6.07. The van der Waals surface area contributed by atoms with Gasteiger partial charge in [0.05, 0.1) is 0 Å². The Hall–Kier alpha value is -0.380. The number of likely N-dealkylation sites (N-methyl/N-ethyl adjacent to an activating group) is 1. The summed E-state index contributed by atoms with van der Waals surface area (Å²) in [7, 11) is 2.22. The fourth-order valence-corrected chi connectivity index (χ4v) is 2.59. The summed E-state index contributed by atoms with van der Waals surface area (Å²) in [6.45, 7) is 9.99. The second-order valence-corrected chi connectivity index (χ2v) is 6.47. The van der Waals surface area contributed by atoms with Crippen molar-refractivity contribution in [3.8, 4) is 0 Å². The highest BCUT2D eigenvalue weighted by Crippen LogP contribution is 2.15. The van der Waals surface area contributed by atoms with Crippen molar-refractivity contribution in [3.05, 3.63) is 34.3 Å². The van der Waals surface area contributed by atoms with Crippen molar-refractivity contribution < 1.29 is 0 Å². The van der Waals surface area contributed by atoms with E-state index in [0.717, 1.165) is 24.1 Å². The van der Waals surface area contributed by atoms with Gasteiger partial charge in [-0.1, -0.05) is 48.8 Å². The van der Waals surface area contributed by atoms with Crippen molar-refractivity contribution in [1.29, 1.82) is 0 Å². The molecule has 1 aromatic carbocycles. The minimum atomic E-state index is 0.579. The zero-order chi connectivity index (χ0) is 14.3. The normalized spacial score (nSPS) is 13.2. The van der Waals surface area contributed by atoms with Crippen LogP contribution in [0.2, 0.25) is 0 Å². The van der Waals surface area contributed by atoms with Crippen molar-refractivity contribution >= 4 is 15.9 Å². The Labute approximate surface area is 126 Å². The van der Waals surface area contributed by atoms with E-state index in [1.807, 2.05) is 0 Å². The van der Waals surface area contributed by atoms with Crippen molar-refractivity contribution in [2.45, 2.75) is 39.8 Å². The van der Waals surface area contributed by atoms with Gasteiger partial charge in [-0.25, -0.2) is 0 Å². The van der Waals surface area contributed by atoms with Crippen LogP contribution < -0.4 is 5.32 Å². The third-order valence-corrected chi connectivity index (χ3v) is 3.99. The van der Waals surface area contributed by atoms with Crippen LogP contribution in [-0.2, 0) is 6.54 Å². The van der Waals surface area contributed by atoms with Gasteiger partial charge >= 0.3 is 0 Å². The van der Waals surface area contributed by atoms with E-state index in [0.29, 0.717) is 12.0 Å². The topological polar surface area (TPSA) is 15.3 Å². The lowest BCUT2D eigenvalue weighted by atomic mass is 10.0. The summed E-state index contributed by atoms with van der Waals surface area (Å²) in [4.78, 5) is 2.45. The molecule has 2 nitrogen and oxygen atoms in total. The number of nitrogens with zero attached hydrogens (tertiary/aromatic N) is 1. The average molecular weight is 327 g/mol. The molecule has 0 radical (unpaired) electrons. The molecule has 0 aromatic heterocycles. The van der Waals surface area contributed by atoms with Gasteiger partial charge in [-0.15, -0.1) is 0 Å². The fraction of sp³-hybridized carbons (Fsp3) is 0.625. The first-order valence-corrected chi connectivity index (χ1v) is 7.99. The first kappa shape index (κ1) is 16.7. The third-order valence-electron chi connectivity index (χ3n) is 3.46. The van der Waals surface area contributed by atoms with Crippen molar-refractivity contribution in [1.82, 2.24) is 10.2 Å². The molecule has 0 saturated carbocycles. The minimum Gasteiger partial charge on any atom is -0.315 e. The molecule has 0 heterocycles. The molecule has 3 heteroatoms. The molecule has 1 aromatic rings. The molecule has 0 bridgehead atoms. The maximum atomic E-state index is 3.54. The number of hydrogen-bond donors (Lipinski definition) is 1. The molecule has 0 spiro atoms. The van der Waals surface area contributed by atoms with Gasteiger partial charge in [-0.2, -0.15) is 0 Å². The minimum absolute atomic E-state index is 0.579. The van der Waals surface area contributed by atoms with Crippen molar-refractivity contribution in [3.63, 3.8) is 0 Å². The molecular weight excluding hydrogens is 300 g/mol. The lowest BCUT2D eigenvalue weighted by Crippen LogP contribution is -2.43. The van der Waals surface area contributed by atoms with Crippen LogP contribution in [0.4, 0.5) is 0 Å². The van der Waals surface area contributed by atoms with Gasteiger partial charge in [0.2, 0.25) is 0 Å². The zero-order valence-corrected chi connectivity index (χ0v) is 14.2. The summed E-state index contributed by atoms with van der Waals surface area (Å²) in [5.74, 6) is 0.657. The van der Waals surface area contributed by atoms with E-state index in [1.165, 1.54) is 12.0 Å². The van der Waals surface area contributed by atoms with Crippen LogP contribution in [0.25, 0.3) is 0 Å². The predicted molar refractivity (Wildman–Crippen MR) is 87.4 cm³/mol. The molecule has 0 aliphatic heterocycles. The summed E-state index contributed by atoms with van der Waals surface area (Å²) in [5.41, 5.74) is 1.37. The van der Waals surface area contributed by atoms with Gasteiger partial charge in [0, 0.05) is 23.6 Å². The van der Waals surface area contributed by atoms with Gasteiger partial charge in [0.15, 0.2) is 0 Å². The standard InChI is InChI=1S/C16H27BrN2/c1-5-10-18-11-16(13(2)3)19(4)12-14-6-8-15(17)9-7-14/h6-9,13,16,18H,5,10-12H2,1-4H3. The monoisotopic (exact) mass is 326 g/mol. The Morgan fingerprint density at radius 1 is 1.21 bits per heavy atom. The van der Waals surface area contributed by atoms with Crippen LogP contribution in [0.3, 0.4) is 0 Å². The Kier molecular flexibility index (Phi) is 7.66. The van der Waals surface area contributed by atoms with Crippen molar-refractivity contribution in [2.75, 3.05) is 20.1 Å². The summed E-state index contributed by atoms with van der Waals surface area (Å²) in [5, 5.41) is 3.54. The Bertz CT molecular complexity index is 348. The lowest BCUT2D eigenvalue weighted by molar-refractivity contribution is 0.180. The van der Waals surface area contributed by atoms with Gasteiger partial charge in [-0.05, 0) is 43.6 Å². The van der Waals surface area contributed by atoms with E-state index in [-0.39, 0.29) is 0 Å². The first-order chi connectivity index (χ1) is 9.04. The second-order valence-electron chi connectivity index (χ2n) is 5.56. The Morgan fingerprint density at radius 2 is 1.84 bits per heavy atom. The molecule has 0 aliphatic rings. The maximum absolute atomic E-state index is 3.54. The van der Waals surface area contributed by atoms with Gasteiger partial charge < -0.3 is 5.32 Å². The molecule has 0 saturated heterocycles. The molecule has 108 valence electrons. The molecule has 0 fully saturated rings. The van der Waals surface area contributed by atoms with E-state index in [1.54, 1.807) is 0 Å². The van der Waals surface area contributed by atoms with Crippen LogP contribution in [0, 0.1) is 5.92 Å². The van der Waals surface area contributed by atoms with Crippen LogP contribution in [0.5, 0.6) is 0 Å². The average Bonchev–Trinajstić information content (AvgIpc) is 2.37. The van der Waals surface area contributed by atoms with E-state index < -0.39 is 0 Å². The second kappa shape index (κ2) is 8.72. The molecular formula is C16H27BrN2. The van der Waals surface area contributed by atoms with E-state index >= 15 is 0 Å². The van der Waals surface area contributed by atoms with Crippen LogP contribution in [0.15, 0.2) is 28.7 Å². The number of benzene rings is 1. The smallest absolute Gasteiger partial charge is 0.0244 e. The Morgan fingerprint density at radius 3 is 2.37 bits per heavy atom. The molecule has 1 rings (SSSR count). The first-order valence-electron chi connectivity index (χ1n) is 7.20. The fourth-order valence-electron chi connectivity index (χ4n) is 2.32. The molecule has 1 N–H and O–H groups in total. The Balaban J connectivity index is 2.55. The summed E-state index contributed by atoms with van der Waals surface area (Å²) < 4.78 is 1.14. The summed E-state index contributed by atoms with van der Waals surface area (Å²) in [6.07, 6.45) is 1.20. The summed E-state index contributed by atoms with van der Waals surface area (Å²) >= 11 is 3.48. The quantitative estimate of drug-likeness (QED) is 0.729. The van der Waals surface area contributed by atoms with Gasteiger partial charge in [0.1, 0.15) is 0 Å². The molecule has 0 amide bonds. The van der Waals surface area contributed by atoms with Gasteiger partial charge in [-0.3, -0.25) is 4.90 Å².